The highest BCUT2D eigenvalue weighted by Gasteiger charge is 2.11. The van der Waals surface area contributed by atoms with Crippen molar-refractivity contribution in [2.45, 2.75) is 13.5 Å². The molecule has 7 nitrogen and oxygen atoms in total. The smallest absolute Gasteiger partial charge is 0.348 e. The first-order valence-electron chi connectivity index (χ1n) is 9.11. The summed E-state index contributed by atoms with van der Waals surface area (Å²) < 4.78 is 7.05. The fourth-order valence-corrected chi connectivity index (χ4v) is 3.54. The molecular weight excluding hydrogens is 356 g/mol. The van der Waals surface area contributed by atoms with Crippen molar-refractivity contribution in [2.24, 2.45) is 0 Å². The number of hydrogen-bond donors (Lipinski definition) is 3. The quantitative estimate of drug-likeness (QED) is 0.448. The fraction of sp³-hybridized carbons (Fsp3) is 0.238. The van der Waals surface area contributed by atoms with Gasteiger partial charge in [0.15, 0.2) is 5.65 Å². The largest absolute Gasteiger partial charge is 0.496 e. The van der Waals surface area contributed by atoms with Gasteiger partial charge in [-0.15, -0.1) is 0 Å². The molecule has 28 heavy (non-hydrogen) atoms. The van der Waals surface area contributed by atoms with Crippen LogP contribution in [0.1, 0.15) is 11.1 Å². The molecule has 0 spiro atoms. The monoisotopic (exact) mass is 378 g/mol. The lowest BCUT2D eigenvalue weighted by molar-refractivity contribution is 0.291. The molecule has 2 aromatic carbocycles. The molecule has 0 fully saturated rings. The third-order valence-electron chi connectivity index (χ3n) is 4.92. The van der Waals surface area contributed by atoms with Crippen LogP contribution >= 0.6 is 0 Å². The summed E-state index contributed by atoms with van der Waals surface area (Å²) in [6.07, 6.45) is 0. The predicted octanol–water partition coefficient (Wildman–Crippen LogP) is 2.24. The molecule has 0 aliphatic rings. The van der Waals surface area contributed by atoms with Gasteiger partial charge in [-0.25, -0.2) is 14.3 Å². The van der Waals surface area contributed by atoms with Crippen molar-refractivity contribution in [3.63, 3.8) is 0 Å². The second kappa shape index (κ2) is 7.46. The van der Waals surface area contributed by atoms with E-state index in [4.69, 9.17) is 9.84 Å². The summed E-state index contributed by atoms with van der Waals surface area (Å²) in [6, 6.07) is 14.0. The SMILES string of the molecule is COc1ccc(-c2ccc3c(c2)c(C)cc2n[nH]c(=O)n23)cc1CNCCO. The summed E-state index contributed by atoms with van der Waals surface area (Å²) in [5.41, 5.74) is 5.39. The molecule has 0 radical (unpaired) electrons. The van der Waals surface area contributed by atoms with E-state index in [1.54, 1.807) is 11.5 Å². The number of ether oxygens (including phenoxy) is 1. The standard InChI is InChI=1S/C21H22N4O3/c1-13-9-20-23-24-21(27)25(20)18-5-3-15(11-17(13)18)14-4-6-19(28-2)16(10-14)12-22-7-8-26/h3-6,9-11,22,26H,7-8,12H2,1-2H3,(H,24,27). The lowest BCUT2D eigenvalue weighted by Crippen LogP contribution is -2.17. The number of rotatable bonds is 6. The lowest BCUT2D eigenvalue weighted by Gasteiger charge is -2.13. The summed E-state index contributed by atoms with van der Waals surface area (Å²) in [4.78, 5) is 12.1. The summed E-state index contributed by atoms with van der Waals surface area (Å²) in [5, 5.41) is 19.7. The number of fused-ring (bicyclic) bond motifs is 3. The molecular formula is C21H22N4O3. The lowest BCUT2D eigenvalue weighted by atomic mass is 9.99. The van der Waals surface area contributed by atoms with Crippen LogP contribution in [0.5, 0.6) is 5.75 Å². The Kier molecular flexibility index (Phi) is 4.85. The van der Waals surface area contributed by atoms with E-state index in [0.717, 1.165) is 38.9 Å². The highest BCUT2D eigenvalue weighted by Crippen LogP contribution is 2.30. The number of aliphatic hydroxyl groups excluding tert-OH is 1. The van der Waals surface area contributed by atoms with Crippen molar-refractivity contribution in [3.8, 4) is 16.9 Å². The first-order chi connectivity index (χ1) is 13.6. The maximum absolute atomic E-state index is 12.1. The molecule has 2 aromatic heterocycles. The minimum atomic E-state index is -0.241. The Hall–Kier alpha value is -3.16. The van der Waals surface area contributed by atoms with E-state index in [-0.39, 0.29) is 12.3 Å². The maximum Gasteiger partial charge on any atom is 0.348 e. The third kappa shape index (κ3) is 3.15. The van der Waals surface area contributed by atoms with Gasteiger partial charge in [-0.1, -0.05) is 12.1 Å². The summed E-state index contributed by atoms with van der Waals surface area (Å²) in [5.74, 6) is 0.804. The number of nitrogens with one attached hydrogen (secondary N) is 2. The van der Waals surface area contributed by atoms with E-state index in [0.29, 0.717) is 18.7 Å². The van der Waals surface area contributed by atoms with Gasteiger partial charge in [0, 0.05) is 24.0 Å². The predicted molar refractivity (Wildman–Crippen MR) is 109 cm³/mol. The van der Waals surface area contributed by atoms with E-state index in [2.05, 4.69) is 27.6 Å². The van der Waals surface area contributed by atoms with Crippen molar-refractivity contribution in [2.75, 3.05) is 20.3 Å². The van der Waals surface area contributed by atoms with Gasteiger partial charge < -0.3 is 15.2 Å². The fourth-order valence-electron chi connectivity index (χ4n) is 3.54. The first-order valence-corrected chi connectivity index (χ1v) is 9.11. The van der Waals surface area contributed by atoms with Crippen LogP contribution in [-0.2, 0) is 6.54 Å². The zero-order valence-electron chi connectivity index (χ0n) is 15.8. The van der Waals surface area contributed by atoms with E-state index in [9.17, 15) is 4.79 Å². The zero-order chi connectivity index (χ0) is 19.7. The van der Waals surface area contributed by atoms with E-state index >= 15 is 0 Å². The number of aromatic nitrogens is 3. The molecule has 7 heteroatoms. The van der Waals surface area contributed by atoms with Gasteiger partial charge in [0.2, 0.25) is 0 Å². The third-order valence-corrected chi connectivity index (χ3v) is 4.92. The highest BCUT2D eigenvalue weighted by molar-refractivity contribution is 5.89. The first kappa shape index (κ1) is 18.2. The Balaban J connectivity index is 1.81. The number of H-pyrrole nitrogens is 1. The molecule has 0 atom stereocenters. The topological polar surface area (TPSA) is 91.7 Å². The van der Waals surface area contributed by atoms with Crippen LogP contribution in [0.3, 0.4) is 0 Å². The molecule has 0 amide bonds. The molecule has 2 heterocycles. The minimum absolute atomic E-state index is 0.0911. The normalized spacial score (nSPS) is 11.4. The van der Waals surface area contributed by atoms with Gasteiger partial charge in [-0.05, 0) is 53.9 Å². The van der Waals surface area contributed by atoms with Crippen molar-refractivity contribution in [1.82, 2.24) is 19.9 Å². The number of aromatic amines is 1. The Morgan fingerprint density at radius 1 is 1.18 bits per heavy atom. The van der Waals surface area contributed by atoms with Gasteiger partial charge in [0.25, 0.3) is 0 Å². The average molecular weight is 378 g/mol. The van der Waals surface area contributed by atoms with Crippen LogP contribution in [-0.4, -0.2) is 40.0 Å². The number of benzene rings is 2. The number of hydrogen-bond acceptors (Lipinski definition) is 5. The van der Waals surface area contributed by atoms with Gasteiger partial charge in [0.05, 0.1) is 19.2 Å². The average Bonchev–Trinajstić information content (AvgIpc) is 3.08. The van der Waals surface area contributed by atoms with Crippen molar-refractivity contribution in [1.29, 1.82) is 0 Å². The number of pyridine rings is 1. The molecule has 3 N–H and O–H groups in total. The zero-order valence-corrected chi connectivity index (χ0v) is 15.8. The Labute approximate surface area is 161 Å². The van der Waals surface area contributed by atoms with Crippen molar-refractivity contribution in [3.05, 3.63) is 64.1 Å². The molecule has 0 aliphatic carbocycles. The van der Waals surface area contributed by atoms with Gasteiger partial charge in [-0.2, -0.15) is 5.10 Å². The van der Waals surface area contributed by atoms with Crippen LogP contribution in [0.15, 0.2) is 47.3 Å². The van der Waals surface area contributed by atoms with E-state index in [1.165, 1.54) is 0 Å². The molecule has 0 saturated heterocycles. The molecule has 0 saturated carbocycles. The number of nitrogens with zero attached hydrogens (tertiary/aromatic N) is 2. The summed E-state index contributed by atoms with van der Waals surface area (Å²) in [7, 11) is 1.65. The molecule has 0 unspecified atom stereocenters. The number of methoxy groups -OCH3 is 1. The molecule has 4 rings (SSSR count). The minimum Gasteiger partial charge on any atom is -0.496 e. The summed E-state index contributed by atoms with van der Waals surface area (Å²) in [6.45, 7) is 3.24. The van der Waals surface area contributed by atoms with Gasteiger partial charge >= 0.3 is 5.69 Å². The van der Waals surface area contributed by atoms with Crippen LogP contribution in [0.2, 0.25) is 0 Å². The second-order valence-electron chi connectivity index (χ2n) is 6.71. The Morgan fingerprint density at radius 3 is 2.75 bits per heavy atom. The van der Waals surface area contributed by atoms with Crippen LogP contribution in [0.25, 0.3) is 27.7 Å². The maximum atomic E-state index is 12.1. The van der Waals surface area contributed by atoms with Gasteiger partial charge in [-0.3, -0.25) is 0 Å². The summed E-state index contributed by atoms with van der Waals surface area (Å²) >= 11 is 0. The van der Waals surface area contributed by atoms with Gasteiger partial charge in [0.1, 0.15) is 5.75 Å². The van der Waals surface area contributed by atoms with Crippen LogP contribution in [0, 0.1) is 6.92 Å². The second-order valence-corrected chi connectivity index (χ2v) is 6.71. The van der Waals surface area contributed by atoms with Crippen molar-refractivity contribution >= 4 is 16.6 Å². The van der Waals surface area contributed by atoms with Crippen LogP contribution in [0.4, 0.5) is 0 Å². The van der Waals surface area contributed by atoms with Crippen LogP contribution < -0.4 is 15.7 Å². The van der Waals surface area contributed by atoms with E-state index in [1.807, 2.05) is 37.3 Å². The number of aryl methyl sites for hydroxylation is 1. The van der Waals surface area contributed by atoms with Crippen molar-refractivity contribution < 1.29 is 9.84 Å². The molecule has 144 valence electrons. The molecule has 0 aliphatic heterocycles. The molecule has 4 aromatic rings. The Morgan fingerprint density at radius 2 is 1.96 bits per heavy atom. The highest BCUT2D eigenvalue weighted by atomic mass is 16.5. The molecule has 0 bridgehead atoms. The number of aliphatic hydroxyl groups is 1. The Bertz CT molecular complexity index is 1210. The van der Waals surface area contributed by atoms with E-state index < -0.39 is 0 Å².